The van der Waals surface area contributed by atoms with Gasteiger partial charge in [-0.1, -0.05) is 53.5 Å². The van der Waals surface area contributed by atoms with Gasteiger partial charge in [0, 0.05) is 15.6 Å². The van der Waals surface area contributed by atoms with Crippen LogP contribution in [-0.2, 0) is 17.9 Å². The molecule has 0 atom stereocenters. The Balaban J connectivity index is 1.51. The molecule has 0 unspecified atom stereocenters. The highest BCUT2D eigenvalue weighted by atomic mass is 79.9. The number of hydrogen-bond donors (Lipinski definition) is 0. The SMILES string of the molecule is O=C1S/C(=C\c2cc(Br)c(OCc3ccccc3Cl)c(Br)c2)C(=O)N1Cc1cccc(Cl)c1. The number of carbonyl (C=O) groups excluding carboxylic acids is 2. The van der Waals surface area contributed by atoms with Crippen LogP contribution in [0.5, 0.6) is 5.75 Å². The van der Waals surface area contributed by atoms with Crippen LogP contribution in [0.3, 0.4) is 0 Å². The molecule has 0 aliphatic carbocycles. The molecule has 0 saturated carbocycles. The highest BCUT2D eigenvalue weighted by molar-refractivity contribution is 9.11. The molecule has 0 aromatic heterocycles. The highest BCUT2D eigenvalue weighted by Crippen LogP contribution is 2.38. The van der Waals surface area contributed by atoms with Gasteiger partial charge in [-0.2, -0.15) is 0 Å². The van der Waals surface area contributed by atoms with Crippen LogP contribution in [0.2, 0.25) is 10.0 Å². The first-order valence-electron chi connectivity index (χ1n) is 9.67. The Kier molecular flexibility index (Phi) is 7.87. The first-order chi connectivity index (χ1) is 15.8. The van der Waals surface area contributed by atoms with Crippen LogP contribution in [0.15, 0.2) is 74.5 Å². The standard InChI is InChI=1S/C24H15Br2Cl2NO3S/c25-18-9-15(10-19(26)22(18)32-13-16-5-1-2-7-20(16)28)11-21-23(30)29(24(31)33-21)12-14-4-3-6-17(27)8-14/h1-11H,12-13H2/b21-11-. The van der Waals surface area contributed by atoms with Crippen molar-refractivity contribution in [1.29, 1.82) is 0 Å². The number of carbonyl (C=O) groups is 2. The summed E-state index contributed by atoms with van der Waals surface area (Å²) >= 11 is 20.2. The Hall–Kier alpha value is -1.77. The van der Waals surface area contributed by atoms with E-state index in [4.69, 9.17) is 27.9 Å². The number of ether oxygens (including phenoxy) is 1. The molecule has 1 saturated heterocycles. The first kappa shape index (κ1) is 24.4. The van der Waals surface area contributed by atoms with Gasteiger partial charge in [0.05, 0.1) is 20.4 Å². The molecule has 168 valence electrons. The monoisotopic (exact) mass is 625 g/mol. The van der Waals surface area contributed by atoms with Crippen LogP contribution in [0.4, 0.5) is 4.79 Å². The summed E-state index contributed by atoms with van der Waals surface area (Å²) in [6.07, 6.45) is 1.69. The van der Waals surface area contributed by atoms with Crippen molar-refractivity contribution in [2.24, 2.45) is 0 Å². The van der Waals surface area contributed by atoms with Crippen LogP contribution < -0.4 is 4.74 Å². The van der Waals surface area contributed by atoms with Crippen molar-refractivity contribution in [3.05, 3.63) is 101 Å². The fourth-order valence-electron chi connectivity index (χ4n) is 3.17. The molecule has 9 heteroatoms. The highest BCUT2D eigenvalue weighted by Gasteiger charge is 2.35. The summed E-state index contributed by atoms with van der Waals surface area (Å²) in [5, 5.41) is 0.875. The van der Waals surface area contributed by atoms with E-state index in [-0.39, 0.29) is 17.7 Å². The molecule has 1 aliphatic heterocycles. The molecule has 1 heterocycles. The Morgan fingerprint density at radius 2 is 1.70 bits per heavy atom. The predicted octanol–water partition coefficient (Wildman–Crippen LogP) is 8.33. The van der Waals surface area contributed by atoms with E-state index in [1.54, 1.807) is 24.3 Å². The molecule has 0 N–H and O–H groups in total. The summed E-state index contributed by atoms with van der Waals surface area (Å²) in [5.74, 6) is 0.275. The van der Waals surface area contributed by atoms with Gasteiger partial charge in [0.25, 0.3) is 11.1 Å². The smallest absolute Gasteiger partial charge is 0.293 e. The maximum atomic E-state index is 12.9. The Morgan fingerprint density at radius 3 is 2.39 bits per heavy atom. The summed E-state index contributed by atoms with van der Waals surface area (Å²) < 4.78 is 7.35. The molecule has 0 bridgehead atoms. The van der Waals surface area contributed by atoms with Crippen molar-refractivity contribution < 1.29 is 14.3 Å². The maximum absolute atomic E-state index is 12.9. The van der Waals surface area contributed by atoms with E-state index in [0.717, 1.165) is 28.5 Å². The molecule has 0 spiro atoms. The van der Waals surface area contributed by atoms with Gasteiger partial charge in [0.2, 0.25) is 0 Å². The lowest BCUT2D eigenvalue weighted by Crippen LogP contribution is -2.27. The lowest BCUT2D eigenvalue weighted by Gasteiger charge is -2.13. The lowest BCUT2D eigenvalue weighted by molar-refractivity contribution is -0.123. The summed E-state index contributed by atoms with van der Waals surface area (Å²) in [7, 11) is 0. The van der Waals surface area contributed by atoms with Crippen molar-refractivity contribution in [1.82, 2.24) is 4.90 Å². The van der Waals surface area contributed by atoms with Crippen LogP contribution in [-0.4, -0.2) is 16.0 Å². The van der Waals surface area contributed by atoms with Crippen LogP contribution in [0.25, 0.3) is 6.08 Å². The predicted molar refractivity (Wildman–Crippen MR) is 141 cm³/mol. The Labute approximate surface area is 222 Å². The number of thioether (sulfide) groups is 1. The van der Waals surface area contributed by atoms with Gasteiger partial charge in [-0.25, -0.2) is 0 Å². The van der Waals surface area contributed by atoms with Crippen LogP contribution in [0.1, 0.15) is 16.7 Å². The minimum absolute atomic E-state index is 0.171. The minimum atomic E-state index is -0.337. The van der Waals surface area contributed by atoms with E-state index in [9.17, 15) is 9.59 Å². The molecular formula is C24H15Br2Cl2NO3S. The number of benzene rings is 3. The summed E-state index contributed by atoms with van der Waals surface area (Å²) in [5.41, 5.74) is 2.40. The van der Waals surface area contributed by atoms with Crippen LogP contribution in [0, 0.1) is 0 Å². The van der Waals surface area contributed by atoms with E-state index in [1.807, 2.05) is 42.5 Å². The normalized spacial score (nSPS) is 14.9. The van der Waals surface area contributed by atoms with Gasteiger partial charge >= 0.3 is 0 Å². The van der Waals surface area contributed by atoms with Gasteiger partial charge in [-0.05, 0) is 91.2 Å². The second kappa shape index (κ2) is 10.7. The van der Waals surface area contributed by atoms with Gasteiger partial charge in [0.15, 0.2) is 0 Å². The Bertz CT molecular complexity index is 1260. The zero-order chi connectivity index (χ0) is 23.5. The average Bonchev–Trinajstić information content (AvgIpc) is 3.02. The molecule has 3 aromatic carbocycles. The third-order valence-corrected chi connectivity index (χ3v) is 7.44. The molecular weight excluding hydrogens is 613 g/mol. The quantitative estimate of drug-likeness (QED) is 0.258. The topological polar surface area (TPSA) is 46.6 Å². The molecule has 1 aliphatic rings. The van der Waals surface area contributed by atoms with E-state index in [0.29, 0.717) is 36.3 Å². The number of imide groups is 1. The molecule has 3 aromatic rings. The number of nitrogens with zero attached hydrogens (tertiary/aromatic N) is 1. The van der Waals surface area contributed by atoms with Gasteiger partial charge < -0.3 is 4.74 Å². The molecule has 4 rings (SSSR count). The third-order valence-electron chi connectivity index (χ3n) is 4.75. The average molecular weight is 628 g/mol. The van der Waals surface area contributed by atoms with Crippen molar-refractivity contribution in [3.63, 3.8) is 0 Å². The third kappa shape index (κ3) is 5.84. The van der Waals surface area contributed by atoms with Crippen molar-refractivity contribution in [2.45, 2.75) is 13.2 Å². The van der Waals surface area contributed by atoms with Crippen molar-refractivity contribution >= 4 is 84.0 Å². The number of amides is 2. The molecule has 4 nitrogen and oxygen atoms in total. The van der Waals surface area contributed by atoms with Gasteiger partial charge in [0.1, 0.15) is 12.4 Å². The molecule has 33 heavy (non-hydrogen) atoms. The minimum Gasteiger partial charge on any atom is -0.486 e. The van der Waals surface area contributed by atoms with E-state index in [1.165, 1.54) is 4.90 Å². The summed E-state index contributed by atoms with van der Waals surface area (Å²) in [6, 6.07) is 18.2. The number of hydrogen-bond acceptors (Lipinski definition) is 4. The summed E-state index contributed by atoms with van der Waals surface area (Å²) in [4.78, 5) is 26.9. The van der Waals surface area contributed by atoms with E-state index < -0.39 is 0 Å². The van der Waals surface area contributed by atoms with Gasteiger partial charge in [-0.3, -0.25) is 14.5 Å². The molecule has 0 radical (unpaired) electrons. The number of rotatable bonds is 6. The zero-order valence-corrected chi connectivity index (χ0v) is 22.4. The van der Waals surface area contributed by atoms with E-state index in [2.05, 4.69) is 31.9 Å². The second-order valence-electron chi connectivity index (χ2n) is 7.09. The first-order valence-corrected chi connectivity index (χ1v) is 12.8. The van der Waals surface area contributed by atoms with E-state index >= 15 is 0 Å². The number of halogens is 4. The fraction of sp³-hybridized carbons (Fsp3) is 0.0833. The largest absolute Gasteiger partial charge is 0.486 e. The maximum Gasteiger partial charge on any atom is 0.293 e. The second-order valence-corrected chi connectivity index (χ2v) is 10.6. The fourth-order valence-corrected chi connectivity index (χ4v) is 5.86. The van der Waals surface area contributed by atoms with Crippen LogP contribution >= 0.6 is 66.8 Å². The van der Waals surface area contributed by atoms with Crippen molar-refractivity contribution in [3.8, 4) is 5.75 Å². The molecule has 1 fully saturated rings. The molecule has 2 amide bonds. The zero-order valence-electron chi connectivity index (χ0n) is 16.9. The summed E-state index contributed by atoms with van der Waals surface area (Å²) in [6.45, 7) is 0.476. The lowest BCUT2D eigenvalue weighted by atomic mass is 10.2. The Morgan fingerprint density at radius 1 is 0.970 bits per heavy atom. The van der Waals surface area contributed by atoms with Gasteiger partial charge in [-0.15, -0.1) is 0 Å². The van der Waals surface area contributed by atoms with Crippen molar-refractivity contribution in [2.75, 3.05) is 0 Å².